The average Bonchev–Trinajstić information content (AvgIpc) is 2.79. The minimum absolute atomic E-state index is 0.0881. The molecule has 1 N–H and O–H groups in total. The van der Waals surface area contributed by atoms with E-state index in [9.17, 15) is 18.5 Å². The minimum Gasteiger partial charge on any atom is -0.496 e. The highest BCUT2D eigenvalue weighted by Gasteiger charge is 2.27. The van der Waals surface area contributed by atoms with Crippen molar-refractivity contribution < 1.29 is 27.6 Å². The highest BCUT2D eigenvalue weighted by molar-refractivity contribution is 7.89. The van der Waals surface area contributed by atoms with E-state index >= 15 is 0 Å². The maximum atomic E-state index is 13.1. The lowest BCUT2D eigenvalue weighted by Crippen LogP contribution is -2.31. The van der Waals surface area contributed by atoms with Crippen molar-refractivity contribution >= 4 is 27.6 Å². The molecule has 0 radical (unpaired) electrons. The van der Waals surface area contributed by atoms with Crippen LogP contribution in [-0.4, -0.2) is 58.3 Å². The summed E-state index contributed by atoms with van der Waals surface area (Å²) in [6, 6.07) is 6.81. The lowest BCUT2D eigenvalue weighted by Gasteiger charge is -2.20. The van der Waals surface area contributed by atoms with Crippen molar-refractivity contribution in [3.63, 3.8) is 0 Å². The van der Waals surface area contributed by atoms with E-state index in [1.807, 2.05) is 0 Å². The maximum Gasteiger partial charge on any atom is 0.270 e. The Morgan fingerprint density at radius 2 is 1.66 bits per heavy atom. The number of nitrogens with one attached hydrogen (secondary N) is 1. The molecule has 32 heavy (non-hydrogen) atoms. The molecule has 2 aromatic carbocycles. The van der Waals surface area contributed by atoms with Crippen LogP contribution in [0.5, 0.6) is 17.2 Å². The van der Waals surface area contributed by atoms with Gasteiger partial charge in [0.25, 0.3) is 5.69 Å². The molecule has 11 nitrogen and oxygen atoms in total. The zero-order valence-electron chi connectivity index (χ0n) is 18.5. The fraction of sp³-hybridized carbons (Fsp3) is 0.350. The number of ether oxygens (including phenoxy) is 3. The Balaban J connectivity index is 2.51. The zero-order chi connectivity index (χ0) is 23.9. The standard InChI is InChI=1S/C20H26N4O7S/c1-6-23(7-2)32(27,28)20-10-14(24(25)26)8-9-17(20)22-21-13-16-18(30-4)11-15(29-3)12-19(16)31-5/h8-13,22H,6-7H2,1-5H3. The summed E-state index contributed by atoms with van der Waals surface area (Å²) in [5.41, 5.74) is 2.90. The van der Waals surface area contributed by atoms with E-state index in [1.54, 1.807) is 26.0 Å². The fourth-order valence-electron chi connectivity index (χ4n) is 2.96. The summed E-state index contributed by atoms with van der Waals surface area (Å²) in [6.45, 7) is 3.80. The number of anilines is 1. The number of benzene rings is 2. The van der Waals surface area contributed by atoms with Gasteiger partial charge in [-0.2, -0.15) is 9.41 Å². The van der Waals surface area contributed by atoms with Crippen LogP contribution in [0.1, 0.15) is 19.4 Å². The van der Waals surface area contributed by atoms with Crippen LogP contribution in [0, 0.1) is 10.1 Å². The molecule has 0 bridgehead atoms. The van der Waals surface area contributed by atoms with Crippen LogP contribution in [0.4, 0.5) is 11.4 Å². The molecule has 0 saturated heterocycles. The van der Waals surface area contributed by atoms with Gasteiger partial charge in [0.2, 0.25) is 10.0 Å². The molecule has 0 unspecified atom stereocenters. The van der Waals surface area contributed by atoms with Gasteiger partial charge in [0.05, 0.1) is 43.7 Å². The predicted octanol–water partition coefficient (Wildman–Crippen LogP) is 3.10. The Labute approximate surface area is 186 Å². The molecule has 2 aromatic rings. The first-order valence-corrected chi connectivity index (χ1v) is 11.0. The van der Waals surface area contributed by atoms with Crippen LogP contribution in [-0.2, 0) is 10.0 Å². The van der Waals surface area contributed by atoms with E-state index in [0.717, 1.165) is 6.07 Å². The van der Waals surface area contributed by atoms with Crippen molar-refractivity contribution in [1.29, 1.82) is 0 Å². The normalized spacial score (nSPS) is 11.6. The second kappa shape index (κ2) is 10.8. The third-order valence-electron chi connectivity index (χ3n) is 4.63. The maximum absolute atomic E-state index is 13.1. The van der Waals surface area contributed by atoms with Gasteiger partial charge in [-0.1, -0.05) is 13.8 Å². The molecule has 0 heterocycles. The molecular formula is C20H26N4O7S. The highest BCUT2D eigenvalue weighted by atomic mass is 32.2. The van der Waals surface area contributed by atoms with Crippen molar-refractivity contribution in [1.82, 2.24) is 4.31 Å². The number of rotatable bonds is 11. The van der Waals surface area contributed by atoms with Crippen LogP contribution in [0.2, 0.25) is 0 Å². The minimum atomic E-state index is -3.99. The molecule has 0 saturated carbocycles. The second-order valence-electron chi connectivity index (χ2n) is 6.34. The molecule has 174 valence electrons. The van der Waals surface area contributed by atoms with E-state index < -0.39 is 14.9 Å². The Hall–Kier alpha value is -3.38. The molecule has 0 atom stereocenters. The lowest BCUT2D eigenvalue weighted by molar-refractivity contribution is -0.385. The van der Waals surface area contributed by atoms with Crippen molar-refractivity contribution in [3.05, 3.63) is 46.0 Å². The summed E-state index contributed by atoms with van der Waals surface area (Å²) >= 11 is 0. The number of hydrogen-bond acceptors (Lipinski definition) is 9. The number of sulfonamides is 1. The molecule has 0 aliphatic heterocycles. The third kappa shape index (κ3) is 5.26. The van der Waals surface area contributed by atoms with Gasteiger partial charge in [-0.3, -0.25) is 15.5 Å². The van der Waals surface area contributed by atoms with Crippen molar-refractivity contribution in [2.75, 3.05) is 39.8 Å². The summed E-state index contributed by atoms with van der Waals surface area (Å²) in [5.74, 6) is 1.37. The van der Waals surface area contributed by atoms with Gasteiger partial charge in [-0.25, -0.2) is 8.42 Å². The Morgan fingerprint density at radius 1 is 1.06 bits per heavy atom. The SMILES string of the molecule is CCN(CC)S(=O)(=O)c1cc([N+](=O)[O-])ccc1NN=Cc1c(OC)cc(OC)cc1OC. The van der Waals surface area contributed by atoms with Crippen molar-refractivity contribution in [2.24, 2.45) is 5.10 Å². The Kier molecular flexibility index (Phi) is 8.38. The van der Waals surface area contributed by atoms with Gasteiger partial charge < -0.3 is 14.2 Å². The van der Waals surface area contributed by atoms with Crippen LogP contribution >= 0.6 is 0 Å². The van der Waals surface area contributed by atoms with Crippen LogP contribution in [0.25, 0.3) is 0 Å². The molecule has 0 amide bonds. The molecule has 0 fully saturated rings. The molecule has 0 aromatic heterocycles. The van der Waals surface area contributed by atoms with Gasteiger partial charge in [-0.05, 0) is 6.07 Å². The van der Waals surface area contributed by atoms with Crippen LogP contribution in [0.3, 0.4) is 0 Å². The summed E-state index contributed by atoms with van der Waals surface area (Å²) in [5, 5.41) is 15.3. The third-order valence-corrected chi connectivity index (χ3v) is 6.72. The summed E-state index contributed by atoms with van der Waals surface area (Å²) < 4.78 is 43.2. The van der Waals surface area contributed by atoms with E-state index in [2.05, 4.69) is 10.5 Å². The quantitative estimate of drug-likeness (QED) is 0.303. The molecular weight excluding hydrogens is 440 g/mol. The number of hydrazone groups is 1. The van der Waals surface area contributed by atoms with Gasteiger partial charge in [0, 0.05) is 37.4 Å². The Bertz CT molecular complexity index is 1070. The largest absolute Gasteiger partial charge is 0.496 e. The number of hydrogen-bond donors (Lipinski definition) is 1. The van der Waals surface area contributed by atoms with Gasteiger partial charge in [0.15, 0.2) is 0 Å². The second-order valence-corrected chi connectivity index (χ2v) is 8.25. The topological polar surface area (TPSA) is 133 Å². The van der Waals surface area contributed by atoms with E-state index in [4.69, 9.17) is 14.2 Å². The molecule has 0 aliphatic carbocycles. The number of methoxy groups -OCH3 is 3. The van der Waals surface area contributed by atoms with Crippen molar-refractivity contribution in [2.45, 2.75) is 18.7 Å². The van der Waals surface area contributed by atoms with Gasteiger partial charge >= 0.3 is 0 Å². The average molecular weight is 467 g/mol. The monoisotopic (exact) mass is 466 g/mol. The van der Waals surface area contributed by atoms with Crippen LogP contribution < -0.4 is 19.6 Å². The molecule has 0 aliphatic rings. The molecule has 0 spiro atoms. The predicted molar refractivity (Wildman–Crippen MR) is 121 cm³/mol. The van der Waals surface area contributed by atoms with Gasteiger partial charge in [-0.15, -0.1) is 0 Å². The molecule has 2 rings (SSSR count). The lowest BCUT2D eigenvalue weighted by atomic mass is 10.2. The summed E-state index contributed by atoms with van der Waals surface area (Å²) in [7, 11) is 0.471. The molecule has 12 heteroatoms. The van der Waals surface area contributed by atoms with Gasteiger partial charge in [0.1, 0.15) is 22.1 Å². The van der Waals surface area contributed by atoms with E-state index in [-0.39, 0.29) is 29.4 Å². The first kappa shape index (κ1) is 24.9. The highest BCUT2D eigenvalue weighted by Crippen LogP contribution is 2.33. The first-order valence-electron chi connectivity index (χ1n) is 9.61. The van der Waals surface area contributed by atoms with Crippen LogP contribution in [0.15, 0.2) is 40.3 Å². The zero-order valence-corrected chi connectivity index (χ0v) is 19.3. The number of non-ortho nitro benzene ring substituents is 1. The number of nitrogens with zero attached hydrogens (tertiary/aromatic N) is 3. The van der Waals surface area contributed by atoms with E-state index in [1.165, 1.54) is 44.0 Å². The fourth-order valence-corrected chi connectivity index (χ4v) is 4.58. The summed E-state index contributed by atoms with van der Waals surface area (Å²) in [4.78, 5) is 10.3. The number of nitro groups is 1. The van der Waals surface area contributed by atoms with Crippen molar-refractivity contribution in [3.8, 4) is 17.2 Å². The number of nitro benzene ring substituents is 1. The smallest absolute Gasteiger partial charge is 0.270 e. The first-order chi connectivity index (χ1) is 15.2. The summed E-state index contributed by atoms with van der Waals surface area (Å²) in [6.07, 6.45) is 1.40. The Morgan fingerprint density at radius 3 is 2.12 bits per heavy atom. The van der Waals surface area contributed by atoms with E-state index in [0.29, 0.717) is 22.8 Å².